The average Bonchev–Trinajstić information content (AvgIpc) is 2.39. The minimum atomic E-state index is -3.17. The molecule has 0 aliphatic carbocycles. The lowest BCUT2D eigenvalue weighted by Gasteiger charge is -2.22. The molecule has 5 heteroatoms. The highest BCUT2D eigenvalue weighted by Gasteiger charge is 2.19. The fourth-order valence-electron chi connectivity index (χ4n) is 2.03. The third-order valence-electron chi connectivity index (χ3n) is 3.00. The van der Waals surface area contributed by atoms with Gasteiger partial charge < -0.3 is 10.2 Å². The number of anilines is 1. The molecule has 108 valence electrons. The third kappa shape index (κ3) is 4.51. The molecule has 0 spiro atoms. The highest BCUT2D eigenvalue weighted by molar-refractivity contribution is 7.91. The van der Waals surface area contributed by atoms with Crippen molar-refractivity contribution < 1.29 is 8.42 Å². The highest BCUT2D eigenvalue weighted by atomic mass is 32.2. The maximum atomic E-state index is 12.2. The van der Waals surface area contributed by atoms with E-state index < -0.39 is 9.84 Å². The molecule has 0 bridgehead atoms. The van der Waals surface area contributed by atoms with Gasteiger partial charge in [-0.05, 0) is 38.6 Å². The molecule has 1 aromatic rings. The highest BCUT2D eigenvalue weighted by Crippen LogP contribution is 2.25. The van der Waals surface area contributed by atoms with Crippen LogP contribution >= 0.6 is 0 Å². The maximum Gasteiger partial charge on any atom is 0.180 e. The van der Waals surface area contributed by atoms with Crippen LogP contribution in [0.15, 0.2) is 29.2 Å². The summed E-state index contributed by atoms with van der Waals surface area (Å²) in [6.07, 6.45) is 1.62. The zero-order valence-electron chi connectivity index (χ0n) is 12.0. The lowest BCUT2D eigenvalue weighted by molar-refractivity contribution is 0.594. The number of benzene rings is 1. The van der Waals surface area contributed by atoms with Crippen molar-refractivity contribution in [2.45, 2.75) is 24.7 Å². The molecule has 0 aliphatic heterocycles. The Morgan fingerprint density at radius 1 is 1.26 bits per heavy atom. The SMILES string of the molecule is CCCS(=O)(=O)c1ccccc1N(C)CCCNC. The van der Waals surface area contributed by atoms with Crippen LogP contribution in [0.4, 0.5) is 5.69 Å². The van der Waals surface area contributed by atoms with E-state index in [-0.39, 0.29) is 5.75 Å². The molecule has 0 saturated carbocycles. The number of sulfone groups is 1. The number of hydrogen-bond donors (Lipinski definition) is 1. The van der Waals surface area contributed by atoms with Crippen LogP contribution in [0.25, 0.3) is 0 Å². The summed E-state index contributed by atoms with van der Waals surface area (Å²) in [7, 11) is 0.683. The molecular formula is C14H24N2O2S. The van der Waals surface area contributed by atoms with E-state index in [1.54, 1.807) is 12.1 Å². The van der Waals surface area contributed by atoms with E-state index in [2.05, 4.69) is 5.32 Å². The molecule has 0 fully saturated rings. The lowest BCUT2D eigenvalue weighted by Crippen LogP contribution is -2.24. The zero-order valence-corrected chi connectivity index (χ0v) is 12.8. The molecule has 1 aromatic carbocycles. The Balaban J connectivity index is 2.95. The van der Waals surface area contributed by atoms with Crippen LogP contribution in [0.3, 0.4) is 0 Å². The number of nitrogens with one attached hydrogen (secondary N) is 1. The van der Waals surface area contributed by atoms with Crippen molar-refractivity contribution in [3.05, 3.63) is 24.3 Å². The molecule has 0 saturated heterocycles. The predicted octanol–water partition coefficient (Wildman–Crippen LogP) is 1.92. The van der Waals surface area contributed by atoms with Gasteiger partial charge in [-0.3, -0.25) is 0 Å². The molecule has 1 rings (SSSR count). The maximum absolute atomic E-state index is 12.2. The molecule has 0 aromatic heterocycles. The fraction of sp³-hybridized carbons (Fsp3) is 0.571. The normalized spacial score (nSPS) is 11.5. The van der Waals surface area contributed by atoms with Gasteiger partial charge in [0.1, 0.15) is 0 Å². The van der Waals surface area contributed by atoms with Crippen LogP contribution in [0.2, 0.25) is 0 Å². The second-order valence-corrected chi connectivity index (χ2v) is 6.74. The van der Waals surface area contributed by atoms with Gasteiger partial charge in [-0.2, -0.15) is 0 Å². The molecule has 0 radical (unpaired) electrons. The summed E-state index contributed by atoms with van der Waals surface area (Å²) >= 11 is 0. The second-order valence-electron chi connectivity index (χ2n) is 4.67. The third-order valence-corrected chi connectivity index (χ3v) is 4.97. The van der Waals surface area contributed by atoms with Crippen molar-refractivity contribution in [2.24, 2.45) is 0 Å². The quantitative estimate of drug-likeness (QED) is 0.741. The molecule has 19 heavy (non-hydrogen) atoms. The van der Waals surface area contributed by atoms with Gasteiger partial charge in [0, 0.05) is 13.6 Å². The van der Waals surface area contributed by atoms with Gasteiger partial charge in [0.15, 0.2) is 9.84 Å². The van der Waals surface area contributed by atoms with E-state index in [0.717, 1.165) is 25.2 Å². The Kier molecular flexibility index (Phi) is 6.31. The number of para-hydroxylation sites is 1. The minimum absolute atomic E-state index is 0.203. The Labute approximate surface area is 116 Å². The van der Waals surface area contributed by atoms with E-state index in [1.807, 2.05) is 38.1 Å². The number of nitrogens with zero attached hydrogens (tertiary/aromatic N) is 1. The Hall–Kier alpha value is -1.07. The van der Waals surface area contributed by atoms with Crippen molar-refractivity contribution in [1.82, 2.24) is 5.32 Å². The molecule has 4 nitrogen and oxygen atoms in total. The van der Waals surface area contributed by atoms with Crippen LogP contribution in [0.1, 0.15) is 19.8 Å². The van der Waals surface area contributed by atoms with Crippen LogP contribution < -0.4 is 10.2 Å². The van der Waals surface area contributed by atoms with Crippen molar-refractivity contribution >= 4 is 15.5 Å². The van der Waals surface area contributed by atoms with Gasteiger partial charge in [0.2, 0.25) is 0 Å². The smallest absolute Gasteiger partial charge is 0.180 e. The van der Waals surface area contributed by atoms with Crippen LogP contribution in [0.5, 0.6) is 0 Å². The summed E-state index contributed by atoms with van der Waals surface area (Å²) in [6, 6.07) is 7.25. The number of hydrogen-bond acceptors (Lipinski definition) is 4. The topological polar surface area (TPSA) is 49.4 Å². The van der Waals surface area contributed by atoms with Gasteiger partial charge in [-0.25, -0.2) is 8.42 Å². The Morgan fingerprint density at radius 3 is 2.58 bits per heavy atom. The van der Waals surface area contributed by atoms with E-state index >= 15 is 0 Å². The van der Waals surface area contributed by atoms with E-state index in [4.69, 9.17) is 0 Å². The van der Waals surface area contributed by atoms with Crippen LogP contribution in [0, 0.1) is 0 Å². The standard InChI is InChI=1S/C14H24N2O2S/c1-4-12-19(17,18)14-9-6-5-8-13(14)16(3)11-7-10-15-2/h5-6,8-9,15H,4,7,10-12H2,1-3H3. The minimum Gasteiger partial charge on any atom is -0.373 e. The largest absolute Gasteiger partial charge is 0.373 e. The van der Waals surface area contributed by atoms with Gasteiger partial charge in [0.25, 0.3) is 0 Å². The van der Waals surface area contributed by atoms with E-state index in [9.17, 15) is 8.42 Å². The fourth-order valence-corrected chi connectivity index (χ4v) is 3.61. The zero-order chi connectivity index (χ0) is 14.3. The first-order valence-corrected chi connectivity index (χ1v) is 8.35. The summed E-state index contributed by atoms with van der Waals surface area (Å²) in [5, 5.41) is 3.09. The first-order chi connectivity index (χ1) is 9.03. The molecular weight excluding hydrogens is 260 g/mol. The molecule has 0 amide bonds. The molecule has 1 N–H and O–H groups in total. The number of rotatable bonds is 8. The van der Waals surface area contributed by atoms with Crippen molar-refractivity contribution in [2.75, 3.05) is 37.8 Å². The van der Waals surface area contributed by atoms with E-state index in [0.29, 0.717) is 11.3 Å². The summed E-state index contributed by atoms with van der Waals surface area (Å²) < 4.78 is 24.5. The summed E-state index contributed by atoms with van der Waals surface area (Å²) in [4.78, 5) is 2.46. The predicted molar refractivity (Wildman–Crippen MR) is 80.6 cm³/mol. The molecule has 0 aliphatic rings. The van der Waals surface area contributed by atoms with Gasteiger partial charge >= 0.3 is 0 Å². The lowest BCUT2D eigenvalue weighted by atomic mass is 10.3. The monoisotopic (exact) mass is 284 g/mol. The van der Waals surface area contributed by atoms with Crippen molar-refractivity contribution in [1.29, 1.82) is 0 Å². The van der Waals surface area contributed by atoms with Gasteiger partial charge in [-0.1, -0.05) is 19.1 Å². The molecule has 0 unspecified atom stereocenters. The summed E-state index contributed by atoms with van der Waals surface area (Å²) in [5.74, 6) is 0.203. The van der Waals surface area contributed by atoms with E-state index in [1.165, 1.54) is 0 Å². The summed E-state index contributed by atoms with van der Waals surface area (Å²) in [5.41, 5.74) is 0.798. The molecule has 0 atom stereocenters. The van der Waals surface area contributed by atoms with Crippen LogP contribution in [-0.4, -0.2) is 41.4 Å². The van der Waals surface area contributed by atoms with Crippen molar-refractivity contribution in [3.8, 4) is 0 Å². The Bertz CT molecular complexity index is 486. The van der Waals surface area contributed by atoms with Crippen LogP contribution in [-0.2, 0) is 9.84 Å². The van der Waals surface area contributed by atoms with Crippen molar-refractivity contribution in [3.63, 3.8) is 0 Å². The second kappa shape index (κ2) is 7.50. The van der Waals surface area contributed by atoms with Gasteiger partial charge in [-0.15, -0.1) is 0 Å². The Morgan fingerprint density at radius 2 is 1.95 bits per heavy atom. The first kappa shape index (κ1) is 16.0. The van der Waals surface area contributed by atoms with Gasteiger partial charge in [0.05, 0.1) is 16.3 Å². The summed E-state index contributed by atoms with van der Waals surface area (Å²) in [6.45, 7) is 3.64. The first-order valence-electron chi connectivity index (χ1n) is 6.70. The average molecular weight is 284 g/mol. The molecule has 0 heterocycles.